The molecule has 1 aromatic heterocycles. The molecule has 0 atom stereocenters. The fourth-order valence-electron chi connectivity index (χ4n) is 4.39. The van der Waals surface area contributed by atoms with Crippen LogP contribution in [0.1, 0.15) is 65.9 Å². The second-order valence-electron chi connectivity index (χ2n) is 8.71. The van der Waals surface area contributed by atoms with Crippen molar-refractivity contribution in [1.82, 2.24) is 15.1 Å². The van der Waals surface area contributed by atoms with Crippen molar-refractivity contribution >= 4 is 29.5 Å². The average molecular weight is 472 g/mol. The van der Waals surface area contributed by atoms with Crippen LogP contribution in [0.3, 0.4) is 0 Å². The van der Waals surface area contributed by atoms with E-state index in [0.29, 0.717) is 11.4 Å². The molecule has 0 bridgehead atoms. The van der Waals surface area contributed by atoms with E-state index in [0.717, 1.165) is 66.7 Å². The fraction of sp³-hybridized carbons (Fsp3) is 0.321. The smallest absolute Gasteiger partial charge is 0.324 e. The number of hydrogen-bond acceptors (Lipinski definition) is 3. The molecule has 7 nitrogen and oxygen atoms in total. The number of allylic oxidation sites excluding steroid dienone is 1. The van der Waals surface area contributed by atoms with Gasteiger partial charge in [-0.05, 0) is 61.4 Å². The number of unbranched alkanes of at least 4 members (excludes halogenated alkanes) is 1. The van der Waals surface area contributed by atoms with Crippen molar-refractivity contribution in [2.75, 3.05) is 17.7 Å². The van der Waals surface area contributed by atoms with E-state index in [1.807, 2.05) is 43.3 Å². The summed E-state index contributed by atoms with van der Waals surface area (Å²) in [7, 11) is 1.63. The molecular weight excluding hydrogens is 438 g/mol. The Morgan fingerprint density at radius 3 is 2.71 bits per heavy atom. The van der Waals surface area contributed by atoms with Crippen molar-refractivity contribution in [3.8, 4) is 5.69 Å². The van der Waals surface area contributed by atoms with E-state index in [1.54, 1.807) is 11.7 Å². The summed E-state index contributed by atoms with van der Waals surface area (Å²) in [4.78, 5) is 25.5. The summed E-state index contributed by atoms with van der Waals surface area (Å²) >= 11 is 0. The average Bonchev–Trinajstić information content (AvgIpc) is 3.29. The number of urea groups is 1. The van der Waals surface area contributed by atoms with E-state index in [2.05, 4.69) is 41.1 Å². The molecule has 0 spiro atoms. The highest BCUT2D eigenvalue weighted by molar-refractivity contribution is 6.01. The van der Waals surface area contributed by atoms with Crippen LogP contribution in [0, 0.1) is 0 Å². The first-order chi connectivity index (χ1) is 17.0. The predicted octanol–water partition coefficient (Wildman–Crippen LogP) is 5.74. The van der Waals surface area contributed by atoms with Gasteiger partial charge in [-0.1, -0.05) is 50.6 Å². The number of nitrogens with one attached hydrogen (secondary N) is 3. The van der Waals surface area contributed by atoms with Crippen LogP contribution >= 0.6 is 0 Å². The third-order valence-electron chi connectivity index (χ3n) is 6.29. The van der Waals surface area contributed by atoms with Gasteiger partial charge in [-0.2, -0.15) is 5.10 Å². The van der Waals surface area contributed by atoms with Crippen LogP contribution in [-0.4, -0.2) is 28.8 Å². The molecule has 35 heavy (non-hydrogen) atoms. The maximum atomic E-state index is 13.0. The van der Waals surface area contributed by atoms with E-state index in [1.165, 1.54) is 5.56 Å². The molecule has 3 N–H and O–H groups in total. The summed E-state index contributed by atoms with van der Waals surface area (Å²) in [5, 5.41) is 13.5. The third kappa shape index (κ3) is 5.45. The van der Waals surface area contributed by atoms with Gasteiger partial charge in [0.2, 0.25) is 0 Å². The van der Waals surface area contributed by atoms with Crippen LogP contribution in [0.2, 0.25) is 0 Å². The molecule has 0 fully saturated rings. The van der Waals surface area contributed by atoms with E-state index >= 15 is 0 Å². The van der Waals surface area contributed by atoms with Crippen molar-refractivity contribution in [3.63, 3.8) is 0 Å². The summed E-state index contributed by atoms with van der Waals surface area (Å²) in [5.41, 5.74) is 6.24. The van der Waals surface area contributed by atoms with Crippen LogP contribution < -0.4 is 16.0 Å². The summed E-state index contributed by atoms with van der Waals surface area (Å²) in [6.45, 7) is 4.16. The van der Waals surface area contributed by atoms with Crippen LogP contribution in [0.4, 0.5) is 16.3 Å². The number of aryl methyl sites for hydroxylation is 3. The van der Waals surface area contributed by atoms with Gasteiger partial charge in [0.15, 0.2) is 0 Å². The van der Waals surface area contributed by atoms with Gasteiger partial charge in [-0.25, -0.2) is 9.48 Å². The molecule has 1 heterocycles. The zero-order valence-electron chi connectivity index (χ0n) is 20.6. The predicted molar refractivity (Wildman–Crippen MR) is 141 cm³/mol. The molecular formula is C28H33N5O2. The van der Waals surface area contributed by atoms with E-state index < -0.39 is 0 Å². The van der Waals surface area contributed by atoms with Crippen molar-refractivity contribution in [1.29, 1.82) is 0 Å². The zero-order chi connectivity index (χ0) is 24.8. The lowest BCUT2D eigenvalue weighted by atomic mass is 9.96. The molecule has 0 saturated heterocycles. The first kappa shape index (κ1) is 24.3. The lowest BCUT2D eigenvalue weighted by Crippen LogP contribution is -2.22. The third-order valence-corrected chi connectivity index (χ3v) is 6.29. The Morgan fingerprint density at radius 1 is 1.09 bits per heavy atom. The van der Waals surface area contributed by atoms with Gasteiger partial charge in [-0.15, -0.1) is 0 Å². The Balaban J connectivity index is 1.64. The van der Waals surface area contributed by atoms with Gasteiger partial charge >= 0.3 is 6.03 Å². The number of amides is 3. The lowest BCUT2D eigenvalue weighted by molar-refractivity contribution is 0.0962. The number of carbonyl (C=O) groups is 2. The molecule has 0 aliphatic heterocycles. The zero-order valence-corrected chi connectivity index (χ0v) is 20.6. The SMILES string of the molecule is CCCCc1cc(NC(=O)Nc2cccc3c2C=CCC3)n(-c2ccc(CC)c(C(=O)NC)c2)n1. The van der Waals surface area contributed by atoms with Gasteiger partial charge in [0.25, 0.3) is 5.91 Å². The van der Waals surface area contributed by atoms with Gasteiger partial charge < -0.3 is 10.6 Å². The number of aromatic nitrogens is 2. The number of anilines is 2. The Hall–Kier alpha value is -3.87. The van der Waals surface area contributed by atoms with E-state index in [4.69, 9.17) is 5.10 Å². The highest BCUT2D eigenvalue weighted by atomic mass is 16.2. The molecule has 2 aromatic carbocycles. The first-order valence-corrected chi connectivity index (χ1v) is 12.3. The van der Waals surface area contributed by atoms with Gasteiger partial charge in [0.1, 0.15) is 5.82 Å². The maximum Gasteiger partial charge on any atom is 0.324 e. The van der Waals surface area contributed by atoms with Crippen molar-refractivity contribution in [3.05, 3.63) is 76.5 Å². The minimum atomic E-state index is -0.336. The fourth-order valence-corrected chi connectivity index (χ4v) is 4.39. The molecule has 1 aliphatic carbocycles. The quantitative estimate of drug-likeness (QED) is 0.391. The Bertz CT molecular complexity index is 1260. The highest BCUT2D eigenvalue weighted by Gasteiger charge is 2.17. The molecule has 3 aromatic rings. The number of fused-ring (bicyclic) bond motifs is 1. The summed E-state index contributed by atoms with van der Waals surface area (Å²) < 4.78 is 1.71. The number of hydrogen-bond donors (Lipinski definition) is 3. The summed E-state index contributed by atoms with van der Waals surface area (Å²) in [6, 6.07) is 13.3. The number of nitrogens with zero attached hydrogens (tertiary/aromatic N) is 2. The van der Waals surface area contributed by atoms with Crippen LogP contribution in [0.15, 0.2) is 48.5 Å². The Labute approximate surface area is 206 Å². The van der Waals surface area contributed by atoms with Crippen LogP contribution in [0.5, 0.6) is 0 Å². The van der Waals surface area contributed by atoms with E-state index in [9.17, 15) is 9.59 Å². The van der Waals surface area contributed by atoms with E-state index in [-0.39, 0.29) is 11.9 Å². The van der Waals surface area contributed by atoms with Crippen LogP contribution in [0.25, 0.3) is 11.8 Å². The number of rotatable bonds is 8. The number of carbonyl (C=O) groups excluding carboxylic acids is 2. The van der Waals surface area contributed by atoms with Gasteiger partial charge in [0.05, 0.1) is 11.4 Å². The second kappa shape index (κ2) is 11.0. The molecule has 7 heteroatoms. The minimum Gasteiger partial charge on any atom is -0.355 e. The topological polar surface area (TPSA) is 88.0 Å². The second-order valence-corrected chi connectivity index (χ2v) is 8.71. The molecule has 1 aliphatic rings. The Kier molecular flexibility index (Phi) is 7.65. The Morgan fingerprint density at radius 2 is 1.94 bits per heavy atom. The molecule has 0 unspecified atom stereocenters. The van der Waals surface area contributed by atoms with Crippen LogP contribution in [-0.2, 0) is 19.3 Å². The largest absolute Gasteiger partial charge is 0.355 e. The molecule has 0 saturated carbocycles. The highest BCUT2D eigenvalue weighted by Crippen LogP contribution is 2.27. The van der Waals surface area contributed by atoms with Gasteiger partial charge in [-0.3, -0.25) is 10.1 Å². The lowest BCUT2D eigenvalue weighted by Gasteiger charge is -2.16. The van der Waals surface area contributed by atoms with Crippen molar-refractivity contribution in [2.45, 2.75) is 52.4 Å². The van der Waals surface area contributed by atoms with Gasteiger partial charge in [0, 0.05) is 29.9 Å². The normalized spacial score (nSPS) is 12.2. The summed E-state index contributed by atoms with van der Waals surface area (Å²) in [5.74, 6) is 0.414. The monoisotopic (exact) mass is 471 g/mol. The number of benzene rings is 2. The molecule has 0 radical (unpaired) electrons. The first-order valence-electron chi connectivity index (χ1n) is 12.3. The summed E-state index contributed by atoms with van der Waals surface area (Å²) in [6.07, 6.45) is 9.79. The minimum absolute atomic E-state index is 0.142. The standard InChI is InChI=1S/C28H33N5O2/c1-4-6-12-21-17-26(31-28(35)30-25-14-9-11-20-10-7-8-13-23(20)25)33(32-21)22-16-15-19(5-2)24(18-22)27(34)29-3/h8-9,11,13-18H,4-7,10,12H2,1-3H3,(H,29,34)(H2,30,31,35). The molecule has 3 amide bonds. The van der Waals surface area contributed by atoms with Crippen molar-refractivity contribution < 1.29 is 9.59 Å². The molecule has 4 rings (SSSR count). The maximum absolute atomic E-state index is 13.0. The molecule has 182 valence electrons. The van der Waals surface area contributed by atoms with Crippen molar-refractivity contribution in [2.24, 2.45) is 0 Å².